The fourth-order valence-corrected chi connectivity index (χ4v) is 3.81. The van der Waals surface area contributed by atoms with Crippen molar-refractivity contribution in [1.29, 1.82) is 0 Å². The lowest BCUT2D eigenvalue weighted by molar-refractivity contribution is -0.149. The number of hydrogen-bond donors (Lipinski definition) is 2. The van der Waals surface area contributed by atoms with Crippen molar-refractivity contribution in [3.05, 3.63) is 24.0 Å². The third-order valence-corrected chi connectivity index (χ3v) is 5.06. The molecular weight excluding hydrogens is 298 g/mol. The third-order valence-electron chi connectivity index (χ3n) is 5.06. The molecule has 1 saturated carbocycles. The maximum absolute atomic E-state index is 12.4. The number of pyridine rings is 1. The molecule has 124 valence electrons. The fraction of sp³-hybridized carbons (Fsp3) is 0.562. The summed E-state index contributed by atoms with van der Waals surface area (Å²) < 4.78 is 5.21. The lowest BCUT2D eigenvalue weighted by Crippen LogP contribution is -2.41. The number of methoxy groups -OCH3 is 1. The molecule has 1 aliphatic carbocycles. The van der Waals surface area contributed by atoms with Gasteiger partial charge in [-0.25, -0.2) is 4.79 Å². The van der Waals surface area contributed by atoms with Gasteiger partial charge < -0.3 is 20.1 Å². The highest BCUT2D eigenvalue weighted by Gasteiger charge is 2.55. The standard InChI is InChI=1S/C16H21N3O4/c1-23-13-5-3-7-17-12(13)8-18-15(22)19-9-11-4-2-6-16(11,10-19)14(20)21/h3,5,7,11H,2,4,6,8-10H2,1H3,(H,18,22)(H,20,21)/t11-,16+/m0/s1. The predicted molar refractivity (Wildman–Crippen MR) is 82.0 cm³/mol. The normalized spacial score (nSPS) is 26.0. The van der Waals surface area contributed by atoms with Gasteiger partial charge in [-0.3, -0.25) is 9.78 Å². The minimum absolute atomic E-state index is 0.0649. The summed E-state index contributed by atoms with van der Waals surface area (Å²) in [5.74, 6) is -0.0927. The molecule has 0 spiro atoms. The van der Waals surface area contributed by atoms with Gasteiger partial charge in [-0.15, -0.1) is 0 Å². The molecule has 2 aliphatic rings. The summed E-state index contributed by atoms with van der Waals surface area (Å²) in [4.78, 5) is 29.8. The largest absolute Gasteiger partial charge is 0.495 e. The maximum atomic E-state index is 12.4. The zero-order chi connectivity index (χ0) is 16.4. The van der Waals surface area contributed by atoms with Crippen LogP contribution in [-0.2, 0) is 11.3 Å². The molecule has 2 fully saturated rings. The lowest BCUT2D eigenvalue weighted by atomic mass is 9.81. The van der Waals surface area contributed by atoms with E-state index in [1.54, 1.807) is 30.3 Å². The van der Waals surface area contributed by atoms with Crippen LogP contribution in [0.4, 0.5) is 4.79 Å². The number of fused-ring (bicyclic) bond motifs is 1. The van der Waals surface area contributed by atoms with E-state index in [4.69, 9.17) is 4.74 Å². The Hall–Kier alpha value is -2.31. The molecule has 2 amide bonds. The number of urea groups is 1. The van der Waals surface area contributed by atoms with E-state index < -0.39 is 11.4 Å². The van der Waals surface area contributed by atoms with Crippen molar-refractivity contribution < 1.29 is 19.4 Å². The number of likely N-dealkylation sites (tertiary alicyclic amines) is 1. The predicted octanol–water partition coefficient (Wildman–Crippen LogP) is 1.49. The molecule has 0 bridgehead atoms. The quantitative estimate of drug-likeness (QED) is 0.877. The summed E-state index contributed by atoms with van der Waals surface area (Å²) in [5, 5.41) is 12.4. The van der Waals surface area contributed by atoms with E-state index in [9.17, 15) is 14.7 Å². The van der Waals surface area contributed by atoms with E-state index >= 15 is 0 Å². The van der Waals surface area contributed by atoms with E-state index in [2.05, 4.69) is 10.3 Å². The second-order valence-electron chi connectivity index (χ2n) is 6.24. The number of aromatic nitrogens is 1. The summed E-state index contributed by atoms with van der Waals surface area (Å²) >= 11 is 0. The van der Waals surface area contributed by atoms with Crippen molar-refractivity contribution in [1.82, 2.24) is 15.2 Å². The summed E-state index contributed by atoms with van der Waals surface area (Å²) in [5.41, 5.74) is -0.101. The number of nitrogens with one attached hydrogen (secondary N) is 1. The number of amides is 2. The summed E-state index contributed by atoms with van der Waals surface area (Å²) in [7, 11) is 1.56. The Morgan fingerprint density at radius 2 is 2.39 bits per heavy atom. The van der Waals surface area contributed by atoms with Gasteiger partial charge in [0.15, 0.2) is 0 Å². The molecule has 1 aromatic rings. The van der Waals surface area contributed by atoms with Crippen LogP contribution in [0.25, 0.3) is 0 Å². The van der Waals surface area contributed by atoms with Crippen LogP contribution in [0.15, 0.2) is 18.3 Å². The van der Waals surface area contributed by atoms with Crippen molar-refractivity contribution in [3.63, 3.8) is 0 Å². The van der Waals surface area contributed by atoms with Crippen LogP contribution in [0, 0.1) is 11.3 Å². The van der Waals surface area contributed by atoms with E-state index in [-0.39, 0.29) is 25.0 Å². The van der Waals surface area contributed by atoms with Gasteiger partial charge in [-0.1, -0.05) is 6.42 Å². The topological polar surface area (TPSA) is 91.8 Å². The first-order chi connectivity index (χ1) is 11.1. The third kappa shape index (κ3) is 2.71. The van der Waals surface area contributed by atoms with Crippen LogP contribution >= 0.6 is 0 Å². The van der Waals surface area contributed by atoms with Gasteiger partial charge in [0.1, 0.15) is 11.4 Å². The summed E-state index contributed by atoms with van der Waals surface area (Å²) in [6.45, 7) is 1.06. The number of carboxylic acid groups (broad SMARTS) is 1. The molecule has 1 saturated heterocycles. The Bertz CT molecular complexity index is 621. The van der Waals surface area contributed by atoms with Crippen LogP contribution in [0.3, 0.4) is 0 Å². The Balaban J connectivity index is 1.63. The molecule has 0 unspecified atom stereocenters. The van der Waals surface area contributed by atoms with E-state index in [0.29, 0.717) is 24.4 Å². The van der Waals surface area contributed by atoms with Gasteiger partial charge in [0.25, 0.3) is 0 Å². The van der Waals surface area contributed by atoms with Gasteiger partial charge in [0.2, 0.25) is 0 Å². The number of carbonyl (C=O) groups excluding carboxylic acids is 1. The molecule has 0 aromatic carbocycles. The molecule has 2 atom stereocenters. The second kappa shape index (κ2) is 6.06. The summed E-state index contributed by atoms with van der Waals surface area (Å²) in [6, 6.07) is 3.31. The molecule has 1 aromatic heterocycles. The Kier molecular flexibility index (Phi) is 4.11. The maximum Gasteiger partial charge on any atom is 0.317 e. The van der Waals surface area contributed by atoms with Gasteiger partial charge >= 0.3 is 12.0 Å². The van der Waals surface area contributed by atoms with E-state index in [1.165, 1.54) is 0 Å². The molecule has 3 rings (SSSR count). The van der Waals surface area contributed by atoms with Gasteiger partial charge in [0, 0.05) is 19.3 Å². The van der Waals surface area contributed by atoms with E-state index in [1.807, 2.05) is 0 Å². The van der Waals surface area contributed by atoms with Gasteiger partial charge in [-0.2, -0.15) is 0 Å². The zero-order valence-electron chi connectivity index (χ0n) is 13.1. The second-order valence-corrected chi connectivity index (χ2v) is 6.24. The van der Waals surface area contributed by atoms with E-state index in [0.717, 1.165) is 12.8 Å². The Labute approximate surface area is 134 Å². The molecular formula is C16H21N3O4. The van der Waals surface area contributed by atoms with Crippen LogP contribution in [0.5, 0.6) is 5.75 Å². The number of nitrogens with zero attached hydrogens (tertiary/aromatic N) is 2. The monoisotopic (exact) mass is 319 g/mol. The number of carboxylic acids is 1. The van der Waals surface area contributed by atoms with Gasteiger partial charge in [0.05, 0.1) is 19.1 Å². The number of hydrogen-bond acceptors (Lipinski definition) is 4. The SMILES string of the molecule is COc1cccnc1CNC(=O)N1C[C@@H]2CCC[C@@]2(C(=O)O)C1. The van der Waals surface area contributed by atoms with Crippen molar-refractivity contribution in [3.8, 4) is 5.75 Å². The first-order valence-electron chi connectivity index (χ1n) is 7.81. The van der Waals surface area contributed by atoms with Crippen molar-refractivity contribution in [2.75, 3.05) is 20.2 Å². The van der Waals surface area contributed by atoms with Crippen molar-refractivity contribution in [2.24, 2.45) is 11.3 Å². The highest BCUT2D eigenvalue weighted by atomic mass is 16.5. The molecule has 7 nitrogen and oxygen atoms in total. The molecule has 2 heterocycles. The van der Waals surface area contributed by atoms with Crippen LogP contribution < -0.4 is 10.1 Å². The molecule has 0 radical (unpaired) electrons. The first kappa shape index (κ1) is 15.6. The van der Waals surface area contributed by atoms with Crippen molar-refractivity contribution >= 4 is 12.0 Å². The Morgan fingerprint density at radius 1 is 1.57 bits per heavy atom. The number of carbonyl (C=O) groups is 2. The van der Waals surface area contributed by atoms with Crippen LogP contribution in [-0.4, -0.2) is 47.2 Å². The van der Waals surface area contributed by atoms with Crippen LogP contribution in [0.1, 0.15) is 25.0 Å². The molecule has 1 aliphatic heterocycles. The van der Waals surface area contributed by atoms with Crippen molar-refractivity contribution in [2.45, 2.75) is 25.8 Å². The minimum atomic E-state index is -0.776. The highest BCUT2D eigenvalue weighted by molar-refractivity contribution is 5.80. The molecule has 23 heavy (non-hydrogen) atoms. The number of ether oxygens (including phenoxy) is 1. The fourth-order valence-electron chi connectivity index (χ4n) is 3.81. The zero-order valence-corrected chi connectivity index (χ0v) is 13.1. The Morgan fingerprint density at radius 3 is 3.09 bits per heavy atom. The molecule has 2 N–H and O–H groups in total. The summed E-state index contributed by atoms with van der Waals surface area (Å²) in [6.07, 6.45) is 4.11. The average Bonchev–Trinajstić information content (AvgIpc) is 3.11. The number of rotatable bonds is 4. The molecule has 7 heteroatoms. The average molecular weight is 319 g/mol. The highest BCUT2D eigenvalue weighted by Crippen LogP contribution is 2.48. The first-order valence-corrected chi connectivity index (χ1v) is 7.81. The minimum Gasteiger partial charge on any atom is -0.495 e. The van der Waals surface area contributed by atoms with Gasteiger partial charge in [-0.05, 0) is 30.9 Å². The lowest BCUT2D eigenvalue weighted by Gasteiger charge is -2.23. The number of aliphatic carboxylic acids is 1. The van der Waals surface area contributed by atoms with Crippen LogP contribution in [0.2, 0.25) is 0 Å². The smallest absolute Gasteiger partial charge is 0.317 e.